The standard InChI is InChI=1S/C20H19N7/c1-2-3-4-5-14(6-8-16-10-11-22-24-16)19-17-12-15(20-21-13-23-27-20)7-9-18(17)25-26-19/h3-13H,2H2,1H3,(H,22,24)(H,25,26)(H,21,23,27)/b4-3-,8-6+,14-5+. The van der Waals surface area contributed by atoms with E-state index in [0.717, 1.165) is 45.7 Å². The minimum Gasteiger partial charge on any atom is -0.278 e. The first-order valence-corrected chi connectivity index (χ1v) is 8.73. The van der Waals surface area contributed by atoms with Crippen molar-refractivity contribution < 1.29 is 0 Å². The summed E-state index contributed by atoms with van der Waals surface area (Å²) in [5, 5.41) is 22.4. The highest BCUT2D eigenvalue weighted by Crippen LogP contribution is 2.28. The van der Waals surface area contributed by atoms with Crippen molar-refractivity contribution in [1.29, 1.82) is 0 Å². The van der Waals surface area contributed by atoms with Gasteiger partial charge in [-0.2, -0.15) is 15.3 Å². The number of nitrogens with one attached hydrogen (secondary N) is 3. The Morgan fingerprint density at radius 3 is 2.85 bits per heavy atom. The zero-order chi connectivity index (χ0) is 18.5. The Balaban J connectivity index is 1.78. The second-order valence-corrected chi connectivity index (χ2v) is 5.97. The molecule has 0 radical (unpaired) electrons. The molecule has 0 amide bonds. The largest absolute Gasteiger partial charge is 0.278 e. The number of hydrogen-bond donors (Lipinski definition) is 3. The summed E-state index contributed by atoms with van der Waals surface area (Å²) in [6, 6.07) is 7.98. The Morgan fingerprint density at radius 1 is 1.11 bits per heavy atom. The molecule has 0 aliphatic carbocycles. The van der Waals surface area contributed by atoms with Crippen molar-refractivity contribution in [2.75, 3.05) is 0 Å². The number of allylic oxidation sites excluding steroid dienone is 5. The van der Waals surface area contributed by atoms with Crippen LogP contribution < -0.4 is 0 Å². The summed E-state index contributed by atoms with van der Waals surface area (Å²) in [7, 11) is 0. The van der Waals surface area contributed by atoms with Crippen LogP contribution in [0.3, 0.4) is 0 Å². The molecular formula is C20H19N7. The van der Waals surface area contributed by atoms with Gasteiger partial charge in [-0.15, -0.1) is 0 Å². The van der Waals surface area contributed by atoms with Crippen molar-refractivity contribution in [1.82, 2.24) is 35.6 Å². The van der Waals surface area contributed by atoms with E-state index < -0.39 is 0 Å². The van der Waals surface area contributed by atoms with Crippen LogP contribution in [0.25, 0.3) is 33.9 Å². The summed E-state index contributed by atoms with van der Waals surface area (Å²) in [4.78, 5) is 4.23. The van der Waals surface area contributed by atoms with Gasteiger partial charge in [-0.1, -0.05) is 31.2 Å². The molecule has 0 atom stereocenters. The summed E-state index contributed by atoms with van der Waals surface area (Å²) in [6.07, 6.45) is 14.4. The lowest BCUT2D eigenvalue weighted by Gasteiger charge is -2.01. The van der Waals surface area contributed by atoms with Crippen molar-refractivity contribution in [2.24, 2.45) is 0 Å². The van der Waals surface area contributed by atoms with E-state index in [4.69, 9.17) is 0 Å². The summed E-state index contributed by atoms with van der Waals surface area (Å²) >= 11 is 0. The number of H-pyrrole nitrogens is 3. The average Bonchev–Trinajstić information content (AvgIpc) is 3.46. The molecule has 7 nitrogen and oxygen atoms in total. The van der Waals surface area contributed by atoms with E-state index in [-0.39, 0.29) is 0 Å². The molecule has 1 aromatic carbocycles. The fourth-order valence-corrected chi connectivity index (χ4v) is 2.79. The van der Waals surface area contributed by atoms with Crippen molar-refractivity contribution in [2.45, 2.75) is 13.3 Å². The summed E-state index contributed by atoms with van der Waals surface area (Å²) < 4.78 is 0. The first-order chi connectivity index (χ1) is 13.3. The number of hydrogen-bond acceptors (Lipinski definition) is 4. The maximum atomic E-state index is 4.55. The molecule has 0 saturated carbocycles. The Morgan fingerprint density at radius 2 is 2.07 bits per heavy atom. The molecule has 27 heavy (non-hydrogen) atoms. The highest BCUT2D eigenvalue weighted by Gasteiger charge is 2.11. The van der Waals surface area contributed by atoms with E-state index in [9.17, 15) is 0 Å². The second-order valence-electron chi connectivity index (χ2n) is 5.97. The molecule has 3 heterocycles. The van der Waals surface area contributed by atoms with E-state index in [1.165, 1.54) is 6.33 Å². The Hall–Kier alpha value is -3.74. The molecule has 0 spiro atoms. The van der Waals surface area contributed by atoms with Gasteiger partial charge < -0.3 is 0 Å². The number of benzene rings is 1. The highest BCUT2D eigenvalue weighted by molar-refractivity contribution is 5.96. The monoisotopic (exact) mass is 357 g/mol. The Bertz CT molecular complexity index is 1100. The Labute approximate surface area is 155 Å². The molecule has 3 aromatic heterocycles. The number of rotatable bonds is 6. The van der Waals surface area contributed by atoms with E-state index in [0.29, 0.717) is 0 Å². The van der Waals surface area contributed by atoms with Gasteiger partial charge >= 0.3 is 0 Å². The topological polar surface area (TPSA) is 98.9 Å². The fraction of sp³-hybridized carbons (Fsp3) is 0.100. The molecule has 134 valence electrons. The first-order valence-electron chi connectivity index (χ1n) is 8.73. The van der Waals surface area contributed by atoms with Crippen LogP contribution in [-0.2, 0) is 0 Å². The minimum atomic E-state index is 0.730. The predicted molar refractivity (Wildman–Crippen MR) is 107 cm³/mol. The molecule has 0 aliphatic rings. The fourth-order valence-electron chi connectivity index (χ4n) is 2.79. The van der Waals surface area contributed by atoms with Gasteiger partial charge in [-0.3, -0.25) is 15.3 Å². The molecule has 7 heteroatoms. The van der Waals surface area contributed by atoms with Gasteiger partial charge in [0, 0.05) is 22.7 Å². The van der Waals surface area contributed by atoms with Crippen LogP contribution in [0.4, 0.5) is 0 Å². The lowest BCUT2D eigenvalue weighted by Crippen LogP contribution is -1.85. The van der Waals surface area contributed by atoms with Crippen molar-refractivity contribution in [3.63, 3.8) is 0 Å². The van der Waals surface area contributed by atoms with E-state index >= 15 is 0 Å². The second kappa shape index (κ2) is 7.65. The van der Waals surface area contributed by atoms with Gasteiger partial charge in [0.1, 0.15) is 6.33 Å². The van der Waals surface area contributed by atoms with Crippen molar-refractivity contribution in [3.05, 3.63) is 72.5 Å². The van der Waals surface area contributed by atoms with Gasteiger partial charge in [0.2, 0.25) is 0 Å². The molecule has 4 rings (SSSR count). The van der Waals surface area contributed by atoms with Crippen LogP contribution in [0.5, 0.6) is 0 Å². The molecule has 0 fully saturated rings. The summed E-state index contributed by atoms with van der Waals surface area (Å²) in [5.41, 5.74) is 4.73. The zero-order valence-electron chi connectivity index (χ0n) is 14.8. The first kappa shape index (κ1) is 16.7. The summed E-state index contributed by atoms with van der Waals surface area (Å²) in [5.74, 6) is 0.730. The maximum absolute atomic E-state index is 4.55. The van der Waals surface area contributed by atoms with Gasteiger partial charge in [0.15, 0.2) is 5.82 Å². The Kier molecular flexibility index (Phi) is 4.74. The smallest absolute Gasteiger partial charge is 0.155 e. The number of fused-ring (bicyclic) bond motifs is 1. The molecule has 4 aromatic rings. The highest BCUT2D eigenvalue weighted by atomic mass is 15.2. The van der Waals surface area contributed by atoms with Crippen LogP contribution in [0.1, 0.15) is 24.7 Å². The van der Waals surface area contributed by atoms with Crippen molar-refractivity contribution in [3.8, 4) is 11.4 Å². The molecule has 0 aliphatic heterocycles. The molecule has 3 N–H and O–H groups in total. The van der Waals surface area contributed by atoms with Gasteiger partial charge in [-0.25, -0.2) is 4.98 Å². The van der Waals surface area contributed by atoms with Crippen LogP contribution in [0.15, 0.2) is 61.1 Å². The average molecular weight is 357 g/mol. The summed E-state index contributed by atoms with van der Waals surface area (Å²) in [6.45, 7) is 2.11. The van der Waals surface area contributed by atoms with Crippen LogP contribution >= 0.6 is 0 Å². The molecule has 0 unspecified atom stereocenters. The predicted octanol–water partition coefficient (Wildman–Crippen LogP) is 4.13. The van der Waals surface area contributed by atoms with Crippen molar-refractivity contribution >= 4 is 22.6 Å². The zero-order valence-corrected chi connectivity index (χ0v) is 14.8. The molecular weight excluding hydrogens is 338 g/mol. The van der Waals surface area contributed by atoms with E-state index in [1.807, 2.05) is 36.4 Å². The number of aromatic nitrogens is 7. The van der Waals surface area contributed by atoms with Crippen LogP contribution in [0, 0.1) is 0 Å². The SMILES string of the molecule is CC\C=C/C=C(\C=C\c1ccn[nH]1)c1n[nH]c2ccc(-c3ncn[nH]3)cc12. The van der Waals surface area contributed by atoms with Gasteiger partial charge in [-0.05, 0) is 36.8 Å². The third kappa shape index (κ3) is 3.62. The number of nitrogens with zero attached hydrogens (tertiary/aromatic N) is 4. The lowest BCUT2D eigenvalue weighted by atomic mass is 10.0. The van der Waals surface area contributed by atoms with E-state index in [2.05, 4.69) is 60.7 Å². The maximum Gasteiger partial charge on any atom is 0.155 e. The number of aromatic amines is 3. The lowest BCUT2D eigenvalue weighted by molar-refractivity contribution is 1.08. The van der Waals surface area contributed by atoms with E-state index in [1.54, 1.807) is 6.20 Å². The van der Waals surface area contributed by atoms with Gasteiger partial charge in [0.05, 0.1) is 16.9 Å². The molecule has 0 bridgehead atoms. The normalized spacial score (nSPS) is 12.7. The van der Waals surface area contributed by atoms with Gasteiger partial charge in [0.25, 0.3) is 0 Å². The quantitative estimate of drug-likeness (QED) is 0.452. The third-order valence-electron chi connectivity index (χ3n) is 4.14. The van der Waals surface area contributed by atoms with Crippen LogP contribution in [-0.4, -0.2) is 35.6 Å². The third-order valence-corrected chi connectivity index (χ3v) is 4.14. The minimum absolute atomic E-state index is 0.730. The van der Waals surface area contributed by atoms with Crippen LogP contribution in [0.2, 0.25) is 0 Å². The molecule has 0 saturated heterocycles.